The maximum absolute atomic E-state index is 10.6. The molecular formula is C17H21BrF3NO3. The summed E-state index contributed by atoms with van der Waals surface area (Å²) in [6, 6.07) is 9.66. The van der Waals surface area contributed by atoms with Gasteiger partial charge in [-0.05, 0) is 50.9 Å². The van der Waals surface area contributed by atoms with E-state index < -0.39 is 12.1 Å². The van der Waals surface area contributed by atoms with Crippen molar-refractivity contribution >= 4 is 21.9 Å². The van der Waals surface area contributed by atoms with Crippen LogP contribution in [0, 0.1) is 0 Å². The topological polar surface area (TPSA) is 49.8 Å². The summed E-state index contributed by atoms with van der Waals surface area (Å²) >= 11 is 3.50. The van der Waals surface area contributed by atoms with Crippen LogP contribution in [-0.4, -0.2) is 47.4 Å². The quantitative estimate of drug-likeness (QED) is 0.761. The highest BCUT2D eigenvalue weighted by molar-refractivity contribution is 9.10. The van der Waals surface area contributed by atoms with Gasteiger partial charge < -0.3 is 14.7 Å². The number of rotatable bonds is 2. The predicted octanol–water partition coefficient (Wildman–Crippen LogP) is 4.48. The Balaban J connectivity index is 0.000000277. The second-order valence-electron chi connectivity index (χ2n) is 6.38. The number of carbonyl (C=O) groups is 1. The highest BCUT2D eigenvalue weighted by atomic mass is 79.9. The van der Waals surface area contributed by atoms with Gasteiger partial charge in [0, 0.05) is 16.6 Å². The third-order valence-corrected chi connectivity index (χ3v) is 5.13. The largest absolute Gasteiger partial charge is 0.490 e. The van der Waals surface area contributed by atoms with Crippen LogP contribution in [-0.2, 0) is 4.79 Å². The first-order valence-corrected chi connectivity index (χ1v) is 8.90. The van der Waals surface area contributed by atoms with Crippen LogP contribution in [0.25, 0.3) is 0 Å². The molecule has 1 aromatic rings. The van der Waals surface area contributed by atoms with Gasteiger partial charge in [0.2, 0.25) is 0 Å². The zero-order chi connectivity index (χ0) is 18.6. The Morgan fingerprint density at radius 3 is 2.32 bits per heavy atom. The Labute approximate surface area is 153 Å². The highest BCUT2D eigenvalue weighted by Crippen LogP contribution is 2.34. The number of hydrogen-bond donors (Lipinski definition) is 1. The second kappa shape index (κ2) is 8.40. The fourth-order valence-electron chi connectivity index (χ4n) is 3.39. The number of halogens is 4. The van der Waals surface area contributed by atoms with Gasteiger partial charge in [-0.15, -0.1) is 0 Å². The first-order chi connectivity index (χ1) is 11.7. The van der Waals surface area contributed by atoms with Crippen molar-refractivity contribution in [2.75, 3.05) is 7.05 Å². The molecule has 8 heteroatoms. The van der Waals surface area contributed by atoms with Crippen molar-refractivity contribution in [1.82, 2.24) is 4.90 Å². The minimum absolute atomic E-state index is 0.394. The first kappa shape index (κ1) is 20.0. The van der Waals surface area contributed by atoms with E-state index in [2.05, 4.69) is 40.0 Å². The average Bonchev–Trinajstić information content (AvgIpc) is 2.48. The van der Waals surface area contributed by atoms with Crippen molar-refractivity contribution in [3.63, 3.8) is 0 Å². The summed E-state index contributed by atoms with van der Waals surface area (Å²) in [6.45, 7) is 0. The van der Waals surface area contributed by atoms with Crippen molar-refractivity contribution in [3.05, 3.63) is 28.7 Å². The van der Waals surface area contributed by atoms with E-state index in [1.807, 2.05) is 12.1 Å². The van der Waals surface area contributed by atoms with Crippen molar-refractivity contribution in [3.8, 4) is 5.75 Å². The maximum Gasteiger partial charge on any atom is 0.490 e. The lowest BCUT2D eigenvalue weighted by atomic mass is 9.83. The van der Waals surface area contributed by atoms with E-state index in [1.54, 1.807) is 0 Å². The SMILES string of the molecule is CN1C2CCCC1CC(Oc1cccc(Br)c1)C2.O=C(O)C(F)(F)F. The highest BCUT2D eigenvalue weighted by Gasteiger charge is 2.38. The summed E-state index contributed by atoms with van der Waals surface area (Å²) in [7, 11) is 2.28. The molecule has 2 unspecified atom stereocenters. The summed E-state index contributed by atoms with van der Waals surface area (Å²) in [5, 5.41) is 7.12. The molecule has 0 aliphatic carbocycles. The number of ether oxygens (including phenoxy) is 1. The van der Waals surface area contributed by atoms with Crippen LogP contribution >= 0.6 is 15.9 Å². The summed E-state index contributed by atoms with van der Waals surface area (Å²) < 4.78 is 39.0. The Morgan fingerprint density at radius 2 is 1.84 bits per heavy atom. The Kier molecular flexibility index (Phi) is 6.73. The van der Waals surface area contributed by atoms with Crippen molar-refractivity contribution in [1.29, 1.82) is 0 Å². The summed E-state index contributed by atoms with van der Waals surface area (Å²) in [5.41, 5.74) is 0. The van der Waals surface area contributed by atoms with Gasteiger partial charge in [-0.25, -0.2) is 4.79 Å². The van der Waals surface area contributed by atoms with Crippen LogP contribution in [0.2, 0.25) is 0 Å². The van der Waals surface area contributed by atoms with E-state index in [4.69, 9.17) is 14.6 Å². The molecule has 25 heavy (non-hydrogen) atoms. The Morgan fingerprint density at radius 1 is 1.28 bits per heavy atom. The molecule has 1 aromatic carbocycles. The zero-order valence-corrected chi connectivity index (χ0v) is 15.4. The van der Waals surface area contributed by atoms with E-state index in [1.165, 1.54) is 32.1 Å². The van der Waals surface area contributed by atoms with Crippen LogP contribution in [0.5, 0.6) is 5.75 Å². The van der Waals surface area contributed by atoms with Crippen LogP contribution in [0.4, 0.5) is 13.2 Å². The van der Waals surface area contributed by atoms with Gasteiger partial charge in [0.1, 0.15) is 11.9 Å². The monoisotopic (exact) mass is 423 g/mol. The normalized spacial score (nSPS) is 26.4. The molecule has 0 aromatic heterocycles. The number of piperidine rings is 2. The standard InChI is InChI=1S/C15H20BrNO.C2HF3O2/c1-17-12-5-3-6-13(17)10-15(9-12)18-14-7-2-4-11(16)8-14;3-2(4,5)1(6)7/h2,4,7-8,12-13,15H,3,5-6,9-10H2,1H3;(H,6,7). The summed E-state index contributed by atoms with van der Waals surface area (Å²) in [4.78, 5) is 11.5. The van der Waals surface area contributed by atoms with Gasteiger partial charge in [-0.1, -0.05) is 28.4 Å². The van der Waals surface area contributed by atoms with Gasteiger partial charge in [0.15, 0.2) is 0 Å². The Bertz CT molecular complexity index is 583. The van der Waals surface area contributed by atoms with Gasteiger partial charge in [-0.2, -0.15) is 13.2 Å². The molecule has 140 valence electrons. The van der Waals surface area contributed by atoms with Crippen molar-refractivity contribution < 1.29 is 27.8 Å². The number of benzene rings is 1. The molecule has 0 saturated carbocycles. The molecule has 2 aliphatic heterocycles. The predicted molar refractivity (Wildman–Crippen MR) is 90.7 cm³/mol. The fraction of sp³-hybridized carbons (Fsp3) is 0.588. The molecule has 4 nitrogen and oxygen atoms in total. The molecular weight excluding hydrogens is 403 g/mol. The van der Waals surface area contributed by atoms with Gasteiger partial charge >= 0.3 is 12.1 Å². The number of alkyl halides is 3. The van der Waals surface area contributed by atoms with Crippen LogP contribution < -0.4 is 4.74 Å². The minimum Gasteiger partial charge on any atom is -0.490 e. The van der Waals surface area contributed by atoms with Gasteiger partial charge in [-0.3, -0.25) is 0 Å². The van der Waals surface area contributed by atoms with E-state index in [9.17, 15) is 13.2 Å². The zero-order valence-electron chi connectivity index (χ0n) is 13.8. The van der Waals surface area contributed by atoms with Crippen LogP contribution in [0.3, 0.4) is 0 Å². The number of carboxylic acid groups (broad SMARTS) is 1. The molecule has 2 heterocycles. The third-order valence-electron chi connectivity index (χ3n) is 4.64. The van der Waals surface area contributed by atoms with E-state index in [0.717, 1.165) is 22.3 Å². The van der Waals surface area contributed by atoms with Gasteiger partial charge in [0.25, 0.3) is 0 Å². The minimum atomic E-state index is -5.08. The van der Waals surface area contributed by atoms with Crippen molar-refractivity contribution in [2.45, 2.75) is 56.5 Å². The molecule has 0 amide bonds. The number of carboxylic acids is 1. The third kappa shape index (κ3) is 5.88. The van der Waals surface area contributed by atoms with E-state index >= 15 is 0 Å². The Hall–Kier alpha value is -1.28. The number of aliphatic carboxylic acids is 1. The van der Waals surface area contributed by atoms with Gasteiger partial charge in [0.05, 0.1) is 0 Å². The maximum atomic E-state index is 10.6. The lowest BCUT2D eigenvalue weighted by Gasteiger charge is -2.46. The average molecular weight is 424 g/mol. The lowest BCUT2D eigenvalue weighted by Crippen LogP contribution is -2.52. The fourth-order valence-corrected chi connectivity index (χ4v) is 3.77. The van der Waals surface area contributed by atoms with E-state index in [-0.39, 0.29) is 0 Å². The van der Waals surface area contributed by atoms with Crippen LogP contribution in [0.15, 0.2) is 28.7 Å². The molecule has 0 spiro atoms. The summed E-state index contributed by atoms with van der Waals surface area (Å²) in [5.74, 6) is -1.76. The number of fused-ring (bicyclic) bond motifs is 2. The first-order valence-electron chi connectivity index (χ1n) is 8.11. The number of hydrogen-bond acceptors (Lipinski definition) is 3. The smallest absolute Gasteiger partial charge is 0.490 e. The molecule has 2 saturated heterocycles. The molecule has 2 aliphatic rings. The molecule has 3 rings (SSSR count). The summed E-state index contributed by atoms with van der Waals surface area (Å²) in [6.07, 6.45) is 1.74. The molecule has 2 bridgehead atoms. The molecule has 1 N–H and O–H groups in total. The lowest BCUT2D eigenvalue weighted by molar-refractivity contribution is -0.192. The van der Waals surface area contributed by atoms with Crippen LogP contribution in [0.1, 0.15) is 32.1 Å². The second-order valence-corrected chi connectivity index (χ2v) is 7.29. The van der Waals surface area contributed by atoms with Crippen molar-refractivity contribution in [2.24, 2.45) is 0 Å². The molecule has 0 radical (unpaired) electrons. The van der Waals surface area contributed by atoms with E-state index in [0.29, 0.717) is 6.10 Å². The number of nitrogens with zero attached hydrogens (tertiary/aromatic N) is 1. The molecule has 2 atom stereocenters. The molecule has 2 fully saturated rings.